The number of rotatable bonds is 8. The van der Waals surface area contributed by atoms with E-state index in [1.54, 1.807) is 0 Å². The van der Waals surface area contributed by atoms with Gasteiger partial charge in [0.25, 0.3) is 5.91 Å². The normalized spacial score (nSPS) is 10.3. The summed E-state index contributed by atoms with van der Waals surface area (Å²) in [6.07, 6.45) is 7.23. The summed E-state index contributed by atoms with van der Waals surface area (Å²) in [5, 5.41) is 2.85. The Hall–Kier alpha value is -1.38. The first-order valence-corrected chi connectivity index (χ1v) is 6.78. The van der Waals surface area contributed by atoms with Crippen molar-refractivity contribution in [1.29, 1.82) is 0 Å². The topological polar surface area (TPSA) is 29.1 Å². The second-order valence-electron chi connectivity index (χ2n) is 4.53. The van der Waals surface area contributed by atoms with Crippen molar-refractivity contribution in [3.8, 4) is 0 Å². The van der Waals surface area contributed by atoms with Crippen LogP contribution in [0.15, 0.2) is 24.3 Å². The number of halogens is 1. The molecule has 0 spiro atoms. The van der Waals surface area contributed by atoms with Crippen LogP contribution in [-0.4, -0.2) is 12.5 Å². The molecule has 1 amide bonds. The molecule has 0 aliphatic rings. The minimum Gasteiger partial charge on any atom is -0.352 e. The van der Waals surface area contributed by atoms with Crippen molar-refractivity contribution >= 4 is 5.91 Å². The summed E-state index contributed by atoms with van der Waals surface area (Å²) in [7, 11) is 0. The first-order chi connectivity index (χ1) is 8.74. The van der Waals surface area contributed by atoms with Crippen LogP contribution in [0.2, 0.25) is 0 Å². The van der Waals surface area contributed by atoms with Crippen LogP contribution in [0.5, 0.6) is 0 Å². The average Bonchev–Trinajstić information content (AvgIpc) is 2.38. The second-order valence-corrected chi connectivity index (χ2v) is 4.53. The molecular weight excluding hydrogens is 229 g/mol. The highest BCUT2D eigenvalue weighted by Crippen LogP contribution is 2.05. The molecule has 0 heterocycles. The lowest BCUT2D eigenvalue weighted by molar-refractivity contribution is 0.0953. The minimum atomic E-state index is -0.317. The lowest BCUT2D eigenvalue weighted by atomic mass is 10.1. The molecule has 0 saturated carbocycles. The Kier molecular flexibility index (Phi) is 7.07. The summed E-state index contributed by atoms with van der Waals surface area (Å²) >= 11 is 0. The highest BCUT2D eigenvalue weighted by Gasteiger charge is 2.03. The van der Waals surface area contributed by atoms with E-state index in [4.69, 9.17) is 0 Å². The average molecular weight is 251 g/mol. The monoisotopic (exact) mass is 251 g/mol. The quantitative estimate of drug-likeness (QED) is 0.697. The Morgan fingerprint density at radius 1 is 1.06 bits per heavy atom. The van der Waals surface area contributed by atoms with Crippen molar-refractivity contribution in [1.82, 2.24) is 5.32 Å². The molecule has 18 heavy (non-hydrogen) atoms. The van der Waals surface area contributed by atoms with Crippen molar-refractivity contribution in [3.05, 3.63) is 35.6 Å². The van der Waals surface area contributed by atoms with Crippen LogP contribution in [-0.2, 0) is 0 Å². The van der Waals surface area contributed by atoms with Gasteiger partial charge in [0.05, 0.1) is 0 Å². The van der Waals surface area contributed by atoms with E-state index in [1.807, 2.05) is 0 Å². The Bertz CT molecular complexity index is 348. The molecule has 0 aromatic heterocycles. The Balaban J connectivity index is 2.12. The number of nitrogens with one attached hydrogen (secondary N) is 1. The number of hydrogen-bond donors (Lipinski definition) is 1. The molecule has 0 unspecified atom stereocenters. The SMILES string of the molecule is CCCCCCCCNC(=O)c1ccc(F)cc1. The number of benzene rings is 1. The molecule has 2 nitrogen and oxygen atoms in total. The number of unbranched alkanes of at least 4 members (excludes halogenated alkanes) is 5. The fraction of sp³-hybridized carbons (Fsp3) is 0.533. The fourth-order valence-corrected chi connectivity index (χ4v) is 1.81. The van der Waals surface area contributed by atoms with Crippen LogP contribution in [0.25, 0.3) is 0 Å². The van der Waals surface area contributed by atoms with E-state index >= 15 is 0 Å². The predicted molar refractivity (Wildman–Crippen MR) is 72.1 cm³/mol. The maximum atomic E-state index is 12.7. The molecule has 0 aliphatic heterocycles. The maximum Gasteiger partial charge on any atom is 0.251 e. The van der Waals surface area contributed by atoms with E-state index in [0.717, 1.165) is 12.8 Å². The van der Waals surface area contributed by atoms with Gasteiger partial charge >= 0.3 is 0 Å². The largest absolute Gasteiger partial charge is 0.352 e. The van der Waals surface area contributed by atoms with E-state index in [-0.39, 0.29) is 11.7 Å². The molecule has 0 aliphatic carbocycles. The molecule has 1 N–H and O–H groups in total. The first-order valence-electron chi connectivity index (χ1n) is 6.78. The van der Waals surface area contributed by atoms with Crippen LogP contribution < -0.4 is 5.32 Å². The van der Waals surface area contributed by atoms with Crippen LogP contribution >= 0.6 is 0 Å². The van der Waals surface area contributed by atoms with E-state index in [2.05, 4.69) is 12.2 Å². The van der Waals surface area contributed by atoms with Crippen molar-refractivity contribution in [2.75, 3.05) is 6.54 Å². The summed E-state index contributed by atoms with van der Waals surface area (Å²) < 4.78 is 12.7. The molecule has 1 aromatic carbocycles. The number of carbonyl (C=O) groups is 1. The number of hydrogen-bond acceptors (Lipinski definition) is 1. The zero-order valence-corrected chi connectivity index (χ0v) is 11.0. The molecular formula is C15H22FNO. The van der Waals surface area contributed by atoms with E-state index < -0.39 is 0 Å². The van der Waals surface area contributed by atoms with Gasteiger partial charge in [-0.05, 0) is 30.7 Å². The van der Waals surface area contributed by atoms with Crippen LogP contribution in [0.4, 0.5) is 4.39 Å². The van der Waals surface area contributed by atoms with Gasteiger partial charge in [0, 0.05) is 12.1 Å². The van der Waals surface area contributed by atoms with Gasteiger partial charge in [-0.3, -0.25) is 4.79 Å². The fourth-order valence-electron chi connectivity index (χ4n) is 1.81. The van der Waals surface area contributed by atoms with Gasteiger partial charge in [0.2, 0.25) is 0 Å². The van der Waals surface area contributed by atoms with Crippen molar-refractivity contribution in [2.45, 2.75) is 45.4 Å². The second kappa shape index (κ2) is 8.67. The van der Waals surface area contributed by atoms with Gasteiger partial charge in [-0.15, -0.1) is 0 Å². The van der Waals surface area contributed by atoms with Gasteiger partial charge in [-0.25, -0.2) is 4.39 Å². The molecule has 3 heteroatoms. The first kappa shape index (κ1) is 14.7. The third kappa shape index (κ3) is 5.80. The van der Waals surface area contributed by atoms with Gasteiger partial charge in [0.1, 0.15) is 5.82 Å². The standard InChI is InChI=1S/C15H22FNO/c1-2-3-4-5-6-7-12-17-15(18)13-8-10-14(16)11-9-13/h8-11H,2-7,12H2,1H3,(H,17,18). The van der Waals surface area contributed by atoms with E-state index in [9.17, 15) is 9.18 Å². The molecule has 0 bridgehead atoms. The summed E-state index contributed by atoms with van der Waals surface area (Å²) in [4.78, 5) is 11.7. The molecule has 0 radical (unpaired) electrons. The minimum absolute atomic E-state index is 0.122. The number of carbonyl (C=O) groups excluding carboxylic acids is 1. The van der Waals surface area contributed by atoms with Gasteiger partial charge in [0.15, 0.2) is 0 Å². The van der Waals surface area contributed by atoms with Gasteiger partial charge < -0.3 is 5.32 Å². The van der Waals surface area contributed by atoms with E-state index in [1.165, 1.54) is 49.9 Å². The highest BCUT2D eigenvalue weighted by molar-refractivity contribution is 5.94. The third-order valence-corrected chi connectivity index (χ3v) is 2.92. The van der Waals surface area contributed by atoms with Crippen LogP contribution in [0.3, 0.4) is 0 Å². The zero-order valence-electron chi connectivity index (χ0n) is 11.0. The predicted octanol–water partition coefficient (Wildman–Crippen LogP) is 3.92. The third-order valence-electron chi connectivity index (χ3n) is 2.92. The van der Waals surface area contributed by atoms with Crippen molar-refractivity contribution in [3.63, 3.8) is 0 Å². The lowest BCUT2D eigenvalue weighted by Crippen LogP contribution is -2.24. The summed E-state index contributed by atoms with van der Waals surface area (Å²) in [6, 6.07) is 5.62. The highest BCUT2D eigenvalue weighted by atomic mass is 19.1. The van der Waals surface area contributed by atoms with E-state index in [0.29, 0.717) is 12.1 Å². The van der Waals surface area contributed by atoms with Crippen molar-refractivity contribution < 1.29 is 9.18 Å². The van der Waals surface area contributed by atoms with Gasteiger partial charge in [-0.1, -0.05) is 39.0 Å². The zero-order chi connectivity index (χ0) is 13.2. The number of amides is 1. The molecule has 1 aromatic rings. The van der Waals surface area contributed by atoms with Crippen LogP contribution in [0, 0.1) is 5.82 Å². The molecule has 0 atom stereocenters. The van der Waals surface area contributed by atoms with Crippen molar-refractivity contribution in [2.24, 2.45) is 0 Å². The molecule has 100 valence electrons. The molecule has 0 saturated heterocycles. The van der Waals surface area contributed by atoms with Crippen LogP contribution in [0.1, 0.15) is 55.8 Å². The Morgan fingerprint density at radius 2 is 1.67 bits per heavy atom. The lowest BCUT2D eigenvalue weighted by Gasteiger charge is -2.05. The Labute approximate surface area is 109 Å². The molecule has 0 fully saturated rings. The van der Waals surface area contributed by atoms with Gasteiger partial charge in [-0.2, -0.15) is 0 Å². The summed E-state index contributed by atoms with van der Waals surface area (Å²) in [5.74, 6) is -0.439. The maximum absolute atomic E-state index is 12.7. The summed E-state index contributed by atoms with van der Waals surface area (Å²) in [6.45, 7) is 2.89. The Morgan fingerprint density at radius 3 is 2.33 bits per heavy atom. The smallest absolute Gasteiger partial charge is 0.251 e. The molecule has 1 rings (SSSR count). The summed E-state index contributed by atoms with van der Waals surface area (Å²) in [5.41, 5.74) is 0.516.